The number of imidazole rings is 3. The van der Waals surface area contributed by atoms with Gasteiger partial charge in [-0.3, -0.25) is 43.3 Å². The summed E-state index contributed by atoms with van der Waals surface area (Å²) in [6.07, 6.45) is 18.0. The molecule has 13 aromatic rings. The number of esters is 3. The Morgan fingerprint density at radius 1 is 0.437 bits per heavy atom. The maximum atomic E-state index is 14.8. The molecule has 0 spiro atoms. The van der Waals surface area contributed by atoms with Crippen molar-refractivity contribution in [3.63, 3.8) is 0 Å². The summed E-state index contributed by atoms with van der Waals surface area (Å²) in [5, 5.41) is 2.77. The second kappa shape index (κ2) is 46.1. The average molecular weight is 2040 g/mol. The Hall–Kier alpha value is -14.0. The number of aliphatic imine (C=N–C) groups is 4. The fraction of sp³-hybridized carbons (Fsp3) is 0.192. The van der Waals surface area contributed by atoms with Crippen LogP contribution in [0.1, 0.15) is 154 Å². The van der Waals surface area contributed by atoms with Crippen LogP contribution in [0.5, 0.6) is 0 Å². The Morgan fingerprint density at radius 3 is 1.19 bits per heavy atom. The zero-order valence-corrected chi connectivity index (χ0v) is 81.9. The van der Waals surface area contributed by atoms with Gasteiger partial charge >= 0.3 is 17.9 Å². The molecule has 1 amide bonds. The molecule has 0 unspecified atom stereocenters. The third-order valence-electron chi connectivity index (χ3n) is 20.5. The van der Waals surface area contributed by atoms with Crippen LogP contribution >= 0.6 is 47.8 Å². The quantitative estimate of drug-likeness (QED) is 0.0219. The van der Waals surface area contributed by atoms with Crippen LogP contribution in [0.3, 0.4) is 0 Å². The maximum absolute atomic E-state index is 14.8. The molecule has 0 radical (unpaired) electrons. The van der Waals surface area contributed by atoms with Crippen LogP contribution in [-0.4, -0.2) is 137 Å². The number of hydrogen-bond donors (Lipinski definition) is 2. The number of ketones is 1. The first-order valence-corrected chi connectivity index (χ1v) is 52.2. The van der Waals surface area contributed by atoms with Gasteiger partial charge in [-0.1, -0.05) is 160 Å². The van der Waals surface area contributed by atoms with Gasteiger partial charge in [0.05, 0.1) is 108 Å². The number of nitrogens with one attached hydrogen (secondary N) is 1. The minimum absolute atomic E-state index is 0.0179. The van der Waals surface area contributed by atoms with Crippen molar-refractivity contribution in [2.24, 2.45) is 20.0 Å². The van der Waals surface area contributed by atoms with E-state index in [1.54, 1.807) is 160 Å². The highest BCUT2D eigenvalue weighted by atomic mass is 79.9. The van der Waals surface area contributed by atoms with Crippen molar-refractivity contribution in [1.82, 2.24) is 28.7 Å². The smallest absolute Gasteiger partial charge is 0.358 e. The predicted molar refractivity (Wildman–Crippen MR) is 532 cm³/mol. The number of anilines is 2. The summed E-state index contributed by atoms with van der Waals surface area (Å²) in [5.41, 5.74) is 25.8. The van der Waals surface area contributed by atoms with Crippen LogP contribution in [0.15, 0.2) is 265 Å². The second-order valence-electron chi connectivity index (χ2n) is 32.2. The molecule has 3 N–H and O–H groups in total. The number of amides is 1. The monoisotopic (exact) mass is 2040 g/mol. The van der Waals surface area contributed by atoms with Gasteiger partial charge in [0, 0.05) is 93.5 Å². The van der Waals surface area contributed by atoms with E-state index in [2.05, 4.69) is 145 Å². The molecular formula is C104H92Br3F5N12O9Si2. The van der Waals surface area contributed by atoms with Crippen LogP contribution in [-0.2, 0) is 43.4 Å². The lowest BCUT2D eigenvalue weighted by atomic mass is 9.98. The number of hydrogen-bond acceptors (Lipinski definition) is 17. The number of benzene rings is 10. The highest BCUT2D eigenvalue weighted by Gasteiger charge is 2.32. The van der Waals surface area contributed by atoms with Crippen molar-refractivity contribution in [1.29, 1.82) is 0 Å². The van der Waals surface area contributed by atoms with Gasteiger partial charge in [-0.05, 0) is 185 Å². The summed E-state index contributed by atoms with van der Waals surface area (Å²) in [6.45, 7) is 21.5. The van der Waals surface area contributed by atoms with Gasteiger partial charge in [0.25, 0.3) is 0 Å². The molecule has 8 heterocycles. The van der Waals surface area contributed by atoms with Crippen molar-refractivity contribution >= 4 is 128 Å². The van der Waals surface area contributed by atoms with Crippen LogP contribution in [0.2, 0.25) is 39.3 Å². The molecule has 135 heavy (non-hydrogen) atoms. The summed E-state index contributed by atoms with van der Waals surface area (Å²) in [4.78, 5) is 91.7. The van der Waals surface area contributed by atoms with Crippen molar-refractivity contribution in [2.45, 2.75) is 92.5 Å². The Labute approximate surface area is 806 Å². The summed E-state index contributed by atoms with van der Waals surface area (Å²) in [5.74, 6) is 1.76. The van der Waals surface area contributed by atoms with Gasteiger partial charge in [-0.2, -0.15) is 0 Å². The molecule has 5 aliphatic rings. The molecule has 5 aliphatic heterocycles. The van der Waals surface area contributed by atoms with Gasteiger partial charge in [0.2, 0.25) is 5.91 Å². The third-order valence-corrected chi connectivity index (χ3v) is 23.7. The number of fused-ring (bicyclic) bond motifs is 10. The first kappa shape index (κ1) is 100. The fourth-order valence-electron chi connectivity index (χ4n) is 14.0. The van der Waals surface area contributed by atoms with E-state index in [1.807, 2.05) is 63.7 Å². The zero-order valence-electron chi connectivity index (χ0n) is 75.1. The Balaban J connectivity index is 0.000000149. The number of nitrogens with zero attached hydrogens (tertiary/aromatic N) is 10. The highest BCUT2D eigenvalue weighted by molar-refractivity contribution is 9.11. The van der Waals surface area contributed by atoms with Crippen LogP contribution in [0.4, 0.5) is 33.3 Å². The number of nitrogen functional groups attached to an aromatic ring is 1. The number of rotatable bonds is 12. The van der Waals surface area contributed by atoms with Crippen molar-refractivity contribution < 1.29 is 64.9 Å². The van der Waals surface area contributed by atoms with E-state index in [4.69, 9.17) is 42.5 Å². The lowest BCUT2D eigenvalue weighted by molar-refractivity contribution is -0.114. The number of benzodiazepines with no additional fused rings is 1. The molecular weight excluding hydrogens is 1950 g/mol. The first-order chi connectivity index (χ1) is 64.8. The molecule has 0 saturated carbocycles. The van der Waals surface area contributed by atoms with E-state index in [0.29, 0.717) is 95.8 Å². The molecule has 686 valence electrons. The van der Waals surface area contributed by atoms with E-state index >= 15 is 0 Å². The van der Waals surface area contributed by atoms with E-state index in [1.165, 1.54) is 55.3 Å². The standard InChI is InChI=1S/C25H24FN3O2Si.C22H16FN3O2.C20H15BrFN3O2.C15H10BrFN2O.C13H9BrFNO.C5H10Si.C4H8O/c1-5-31-25(30)24-22-15-27-23(18-8-6-7-9-20(18)26)19-14-17(12-13-32(2,3)4)10-11-21(19)29(22)16-28-24;1-3-14-9-10-18-16(11-14)20(15-7-5-6-8-17(15)23)24-12-19-21(22(27)28-4-2)25-13-26(18)19;1-2-27-20(26)19-17-10-23-18(13-5-3-4-6-15(13)22)14-9-12(21)7-8-16(14)25(17)11-24-19;16-9-5-6-13-11(7-9)15(18-8-14(20)19-13)10-3-1-2-4-12(10)17;14-8-5-6-12(16)10(7-8)13(17)9-3-1-2-4-11(9)15;1-5-6(2,3)4;1-2-4-5-3-1/h6-11,14,16H,5,15H2,1-4H3;1,5-11,13H,4,12H2,2H3;3-9,11H,2,10H2,1H3;1-7H,8H2,(H,19,20);1-7H,16H2;1H,2-4H3;1-4H2. The number of halogens is 8. The van der Waals surface area contributed by atoms with Gasteiger partial charge in [0.15, 0.2) is 22.9 Å². The Bertz CT molecular complexity index is 6960. The number of terminal acetylenes is 2. The van der Waals surface area contributed by atoms with E-state index in [-0.39, 0.29) is 97.8 Å². The van der Waals surface area contributed by atoms with Crippen molar-refractivity contribution in [3.05, 3.63) is 375 Å². The molecule has 0 bridgehead atoms. The second-order valence-corrected chi connectivity index (χ2v) is 44.5. The number of nitrogens with two attached hydrogens (primary N) is 1. The fourth-order valence-corrected chi connectivity index (χ4v) is 15.6. The van der Waals surface area contributed by atoms with Crippen LogP contribution in [0, 0.1) is 64.9 Å². The summed E-state index contributed by atoms with van der Waals surface area (Å²) >= 11 is 10.1. The van der Waals surface area contributed by atoms with E-state index in [0.717, 1.165) is 60.4 Å². The number of carbonyl (C=O) groups excluding carboxylic acids is 5. The van der Waals surface area contributed by atoms with Crippen molar-refractivity contribution in [3.8, 4) is 52.8 Å². The maximum Gasteiger partial charge on any atom is 0.358 e. The molecule has 18 rings (SSSR count). The molecule has 3 aromatic heterocycles. The molecule has 1 saturated heterocycles. The zero-order chi connectivity index (χ0) is 96.8. The van der Waals surface area contributed by atoms with Crippen LogP contribution in [0.25, 0.3) is 17.1 Å². The number of aromatic nitrogens is 6. The van der Waals surface area contributed by atoms with Gasteiger partial charge in [-0.15, -0.1) is 23.9 Å². The lowest BCUT2D eigenvalue weighted by Crippen LogP contribution is -2.16. The van der Waals surface area contributed by atoms with Crippen molar-refractivity contribution in [2.75, 3.05) is 50.6 Å². The average Bonchev–Trinajstić information content (AvgIpc) is 1.62. The van der Waals surface area contributed by atoms with E-state index in [9.17, 15) is 45.9 Å². The largest absolute Gasteiger partial charge is 0.461 e. The minimum atomic E-state index is -1.57. The predicted octanol–water partition coefficient (Wildman–Crippen LogP) is 21.7. The van der Waals surface area contributed by atoms with Gasteiger partial charge in [-0.25, -0.2) is 51.3 Å². The Morgan fingerprint density at radius 2 is 0.793 bits per heavy atom. The molecule has 31 heteroatoms. The third kappa shape index (κ3) is 25.1. The lowest BCUT2D eigenvalue weighted by Gasteiger charge is -2.13. The SMILES string of the molecule is C#C[Si](C)(C)C.C#Cc1ccc2c(c1)C(c1ccccc1F)=NCc1c(C(=O)OCC)ncn1-2.C1CCOC1.CCOC(=O)c1ncn2c1CN=C(c1ccccc1F)c1cc(Br)ccc1-2.CCOC(=O)c1ncn2c1CN=C(c1ccccc1F)c1cc(C#C[Si](C)(C)C)ccc1-2.Nc1ccc(Br)cc1C(=O)c1ccccc1F.O=C1CN=C(c2ccccc2F)c2cc(Br)ccc2N1. The summed E-state index contributed by atoms with van der Waals surface area (Å²) in [7, 11) is -2.67. The normalized spacial score (nSPS) is 12.8. The Kier molecular flexibility index (Phi) is 34.2. The van der Waals surface area contributed by atoms with Gasteiger partial charge < -0.3 is 30.0 Å². The highest BCUT2D eigenvalue weighted by Crippen LogP contribution is 2.35. The molecule has 1 fully saturated rings. The number of ether oxygens (including phenoxy) is 4. The molecule has 0 aliphatic carbocycles. The summed E-state index contributed by atoms with van der Waals surface area (Å²) < 4.78 is 99.4. The van der Waals surface area contributed by atoms with Crippen LogP contribution < -0.4 is 11.1 Å². The van der Waals surface area contributed by atoms with E-state index < -0.39 is 45.7 Å². The molecule has 10 aromatic carbocycles. The topological polar surface area (TPSA) is 263 Å². The molecule has 0 atom stereocenters. The van der Waals surface area contributed by atoms with Gasteiger partial charge in [0.1, 0.15) is 70.8 Å². The molecule has 21 nitrogen and oxygen atoms in total. The minimum Gasteiger partial charge on any atom is -0.461 e. The summed E-state index contributed by atoms with van der Waals surface area (Å²) in [6, 6.07) is 59.0. The first-order valence-electron chi connectivity index (χ1n) is 42.8. The number of carbonyl (C=O) groups is 5.